The van der Waals surface area contributed by atoms with Gasteiger partial charge in [0.15, 0.2) is 0 Å². The minimum atomic E-state index is -0.701. The molecular formula is C11H20ClNO3. The minimum absolute atomic E-state index is 0. The second kappa shape index (κ2) is 5.84. The molecule has 2 aliphatic rings. The van der Waals surface area contributed by atoms with Gasteiger partial charge in [-0.3, -0.25) is 4.79 Å². The smallest absolute Gasteiger partial charge is 0.320 e. The number of ether oxygens (including phenoxy) is 1. The molecule has 1 saturated heterocycles. The maximum Gasteiger partial charge on any atom is 0.320 e. The molecule has 0 aromatic rings. The summed E-state index contributed by atoms with van der Waals surface area (Å²) in [6, 6.07) is 0.0845. The van der Waals surface area contributed by atoms with Gasteiger partial charge in [0.25, 0.3) is 0 Å². The number of halogens is 1. The van der Waals surface area contributed by atoms with Crippen LogP contribution >= 0.6 is 12.4 Å². The molecule has 1 saturated carbocycles. The Labute approximate surface area is 102 Å². The Hall–Kier alpha value is -0.320. The molecule has 0 bridgehead atoms. The Morgan fingerprint density at radius 2 is 2.19 bits per heavy atom. The topological polar surface area (TPSA) is 58.6 Å². The first-order chi connectivity index (χ1) is 7.20. The molecule has 4 atom stereocenters. The first-order valence-electron chi connectivity index (χ1n) is 5.68. The van der Waals surface area contributed by atoms with Crippen LogP contribution in [0.5, 0.6) is 0 Å². The zero-order valence-corrected chi connectivity index (χ0v) is 10.3. The SMILES string of the molecule is COCC1CCC2CC(C(=O)O)NC2C1.Cl. The molecule has 1 heterocycles. The lowest BCUT2D eigenvalue weighted by Crippen LogP contribution is -2.39. The quantitative estimate of drug-likeness (QED) is 0.791. The van der Waals surface area contributed by atoms with E-state index in [9.17, 15) is 4.79 Å². The highest BCUT2D eigenvalue weighted by Gasteiger charge is 2.40. The monoisotopic (exact) mass is 249 g/mol. The van der Waals surface area contributed by atoms with Crippen molar-refractivity contribution in [2.45, 2.75) is 37.8 Å². The van der Waals surface area contributed by atoms with E-state index in [1.807, 2.05) is 0 Å². The van der Waals surface area contributed by atoms with Crippen LogP contribution in [0.2, 0.25) is 0 Å². The van der Waals surface area contributed by atoms with Crippen LogP contribution in [0.25, 0.3) is 0 Å². The van der Waals surface area contributed by atoms with Crippen molar-refractivity contribution in [3.8, 4) is 0 Å². The summed E-state index contributed by atoms with van der Waals surface area (Å²) in [6.45, 7) is 0.808. The lowest BCUT2D eigenvalue weighted by molar-refractivity contribution is -0.139. The summed E-state index contributed by atoms with van der Waals surface area (Å²) in [7, 11) is 1.73. The van der Waals surface area contributed by atoms with Gasteiger partial charge in [-0.2, -0.15) is 0 Å². The molecule has 4 nitrogen and oxygen atoms in total. The largest absolute Gasteiger partial charge is 0.480 e. The Balaban J connectivity index is 0.00000128. The maximum atomic E-state index is 10.9. The van der Waals surface area contributed by atoms with Gasteiger partial charge < -0.3 is 15.2 Å². The molecule has 16 heavy (non-hydrogen) atoms. The summed E-state index contributed by atoms with van der Waals surface area (Å²) in [5.74, 6) is 0.475. The number of carboxylic acids is 1. The number of aliphatic carboxylic acids is 1. The summed E-state index contributed by atoms with van der Waals surface area (Å²) in [4.78, 5) is 10.9. The summed E-state index contributed by atoms with van der Waals surface area (Å²) in [5, 5.41) is 12.2. The molecule has 2 N–H and O–H groups in total. The lowest BCUT2D eigenvalue weighted by Gasteiger charge is -2.31. The molecule has 0 amide bonds. The molecule has 94 valence electrons. The first-order valence-corrected chi connectivity index (χ1v) is 5.68. The van der Waals surface area contributed by atoms with E-state index < -0.39 is 5.97 Å². The molecule has 1 aliphatic carbocycles. The van der Waals surface area contributed by atoms with E-state index in [1.54, 1.807) is 7.11 Å². The second-order valence-corrected chi connectivity index (χ2v) is 4.79. The van der Waals surface area contributed by atoms with E-state index in [4.69, 9.17) is 9.84 Å². The minimum Gasteiger partial charge on any atom is -0.480 e. The summed E-state index contributed by atoms with van der Waals surface area (Å²) in [6.07, 6.45) is 4.21. The van der Waals surface area contributed by atoms with Crippen molar-refractivity contribution >= 4 is 18.4 Å². The number of hydrogen-bond donors (Lipinski definition) is 2. The molecule has 0 aromatic carbocycles. The predicted octanol–water partition coefficient (Wildman–Crippen LogP) is 1.29. The highest BCUT2D eigenvalue weighted by Crippen LogP contribution is 2.36. The molecule has 2 fully saturated rings. The number of carboxylic acid groups (broad SMARTS) is 1. The summed E-state index contributed by atoms with van der Waals surface area (Å²) < 4.78 is 5.16. The van der Waals surface area contributed by atoms with Crippen LogP contribution in [-0.2, 0) is 9.53 Å². The molecule has 1 aliphatic heterocycles. The Morgan fingerprint density at radius 1 is 1.44 bits per heavy atom. The van der Waals surface area contributed by atoms with E-state index in [-0.39, 0.29) is 18.4 Å². The van der Waals surface area contributed by atoms with Crippen molar-refractivity contribution in [3.05, 3.63) is 0 Å². The normalized spacial score (nSPS) is 37.6. The zero-order valence-electron chi connectivity index (χ0n) is 9.52. The Kier molecular flexibility index (Phi) is 5.02. The average molecular weight is 250 g/mol. The van der Waals surface area contributed by atoms with Gasteiger partial charge in [-0.05, 0) is 37.5 Å². The summed E-state index contributed by atoms with van der Waals surface area (Å²) >= 11 is 0. The number of fused-ring (bicyclic) bond motifs is 1. The molecule has 0 spiro atoms. The third-order valence-electron chi connectivity index (χ3n) is 3.76. The number of rotatable bonds is 3. The number of carbonyl (C=O) groups is 1. The molecule has 2 rings (SSSR count). The van der Waals surface area contributed by atoms with Gasteiger partial charge in [0.2, 0.25) is 0 Å². The van der Waals surface area contributed by atoms with Crippen LogP contribution in [0, 0.1) is 11.8 Å². The second-order valence-electron chi connectivity index (χ2n) is 4.79. The van der Waals surface area contributed by atoms with E-state index >= 15 is 0 Å². The molecule has 0 aromatic heterocycles. The molecule has 4 unspecified atom stereocenters. The van der Waals surface area contributed by atoms with Crippen LogP contribution < -0.4 is 5.32 Å². The van der Waals surface area contributed by atoms with Gasteiger partial charge in [0, 0.05) is 19.8 Å². The van der Waals surface area contributed by atoms with Crippen molar-refractivity contribution in [1.82, 2.24) is 5.32 Å². The fourth-order valence-corrected chi connectivity index (χ4v) is 3.00. The van der Waals surface area contributed by atoms with Crippen LogP contribution in [0.3, 0.4) is 0 Å². The Morgan fingerprint density at radius 3 is 2.81 bits per heavy atom. The van der Waals surface area contributed by atoms with Crippen molar-refractivity contribution in [2.24, 2.45) is 11.8 Å². The molecular weight excluding hydrogens is 230 g/mol. The van der Waals surface area contributed by atoms with Crippen molar-refractivity contribution in [3.63, 3.8) is 0 Å². The van der Waals surface area contributed by atoms with Crippen LogP contribution in [0.1, 0.15) is 25.7 Å². The predicted molar refractivity (Wildman–Crippen MR) is 62.9 cm³/mol. The Bertz CT molecular complexity index is 249. The average Bonchev–Trinajstić information content (AvgIpc) is 2.61. The van der Waals surface area contributed by atoms with E-state index in [2.05, 4.69) is 5.32 Å². The van der Waals surface area contributed by atoms with E-state index in [1.165, 1.54) is 6.42 Å². The fourth-order valence-electron chi connectivity index (χ4n) is 3.00. The van der Waals surface area contributed by atoms with Gasteiger partial charge in [0.1, 0.15) is 6.04 Å². The van der Waals surface area contributed by atoms with Crippen molar-refractivity contribution in [1.29, 1.82) is 0 Å². The van der Waals surface area contributed by atoms with E-state index in [0.717, 1.165) is 25.9 Å². The van der Waals surface area contributed by atoms with Crippen LogP contribution in [0.15, 0.2) is 0 Å². The first kappa shape index (κ1) is 13.7. The lowest BCUT2D eigenvalue weighted by atomic mass is 9.79. The third-order valence-corrected chi connectivity index (χ3v) is 3.76. The van der Waals surface area contributed by atoms with Crippen LogP contribution in [-0.4, -0.2) is 36.9 Å². The van der Waals surface area contributed by atoms with E-state index in [0.29, 0.717) is 17.9 Å². The van der Waals surface area contributed by atoms with Crippen LogP contribution in [0.4, 0.5) is 0 Å². The maximum absolute atomic E-state index is 10.9. The van der Waals surface area contributed by atoms with Gasteiger partial charge >= 0.3 is 5.97 Å². The number of nitrogens with one attached hydrogen (secondary N) is 1. The van der Waals surface area contributed by atoms with Crippen molar-refractivity contribution in [2.75, 3.05) is 13.7 Å². The van der Waals surface area contributed by atoms with Gasteiger partial charge in [-0.1, -0.05) is 0 Å². The van der Waals surface area contributed by atoms with Gasteiger partial charge in [0.05, 0.1) is 0 Å². The fraction of sp³-hybridized carbons (Fsp3) is 0.909. The number of methoxy groups -OCH3 is 1. The highest BCUT2D eigenvalue weighted by molar-refractivity contribution is 5.85. The summed E-state index contributed by atoms with van der Waals surface area (Å²) in [5.41, 5.74) is 0. The van der Waals surface area contributed by atoms with Gasteiger partial charge in [-0.25, -0.2) is 0 Å². The third kappa shape index (κ3) is 2.87. The zero-order chi connectivity index (χ0) is 10.8. The highest BCUT2D eigenvalue weighted by atomic mass is 35.5. The molecule has 5 heteroatoms. The van der Waals surface area contributed by atoms with Gasteiger partial charge in [-0.15, -0.1) is 12.4 Å². The standard InChI is InChI=1S/C11H19NO3.ClH/c1-15-6-7-2-3-8-5-10(11(13)14)12-9(8)4-7;/h7-10,12H,2-6H2,1H3,(H,13,14);1H. The van der Waals surface area contributed by atoms with Crippen molar-refractivity contribution < 1.29 is 14.6 Å². The number of hydrogen-bond acceptors (Lipinski definition) is 3. The molecule has 0 radical (unpaired) electrons.